The fraction of sp³-hybridized carbons (Fsp3) is 0.765. The van der Waals surface area contributed by atoms with E-state index in [1.807, 2.05) is 6.20 Å². The summed E-state index contributed by atoms with van der Waals surface area (Å²) in [4.78, 5) is 9.14. The van der Waals surface area contributed by atoms with Gasteiger partial charge in [0.2, 0.25) is 0 Å². The molecule has 0 aromatic carbocycles. The zero-order valence-corrected chi connectivity index (χ0v) is 13.7. The molecule has 4 nitrogen and oxygen atoms in total. The number of hydrogen-bond donors (Lipinski definition) is 1. The quantitative estimate of drug-likeness (QED) is 0.742. The molecular weight excluding hydrogens is 262 g/mol. The van der Waals surface area contributed by atoms with E-state index in [2.05, 4.69) is 31.1 Å². The van der Waals surface area contributed by atoms with Crippen molar-refractivity contribution in [2.75, 3.05) is 13.2 Å². The molecule has 0 amide bonds. The average molecular weight is 291 g/mol. The van der Waals surface area contributed by atoms with Crippen molar-refractivity contribution in [3.05, 3.63) is 17.7 Å². The van der Waals surface area contributed by atoms with Gasteiger partial charge in [-0.2, -0.15) is 0 Å². The molecule has 4 heteroatoms. The third-order valence-electron chi connectivity index (χ3n) is 4.03. The lowest BCUT2D eigenvalue weighted by Crippen LogP contribution is -2.18. The number of ether oxygens (including phenoxy) is 1. The Labute approximate surface area is 128 Å². The van der Waals surface area contributed by atoms with Gasteiger partial charge in [-0.1, -0.05) is 33.6 Å². The summed E-state index contributed by atoms with van der Waals surface area (Å²) in [6, 6.07) is 0. The number of aromatic nitrogens is 2. The van der Waals surface area contributed by atoms with Crippen molar-refractivity contribution in [2.24, 2.45) is 5.92 Å². The zero-order chi connectivity index (χ0) is 15.1. The van der Waals surface area contributed by atoms with Gasteiger partial charge in [0.05, 0.1) is 18.5 Å². The van der Waals surface area contributed by atoms with Crippen molar-refractivity contribution in [3.8, 4) is 5.75 Å². The number of hydrogen-bond acceptors (Lipinski definition) is 4. The molecule has 0 saturated heterocycles. The summed E-state index contributed by atoms with van der Waals surface area (Å²) in [5, 5.41) is 3.42. The molecule has 1 N–H and O–H groups in total. The van der Waals surface area contributed by atoms with E-state index in [1.165, 1.54) is 25.7 Å². The molecule has 0 aliphatic heterocycles. The number of nitrogens with one attached hydrogen (secondary N) is 1. The summed E-state index contributed by atoms with van der Waals surface area (Å²) in [5.74, 6) is 2.82. The first kappa shape index (κ1) is 16.2. The van der Waals surface area contributed by atoms with E-state index in [0.717, 1.165) is 43.4 Å². The first-order chi connectivity index (χ1) is 10.2. The second-order valence-electron chi connectivity index (χ2n) is 6.33. The molecule has 1 saturated carbocycles. The van der Waals surface area contributed by atoms with Crippen LogP contribution in [0.2, 0.25) is 0 Å². The van der Waals surface area contributed by atoms with Crippen LogP contribution in [0.15, 0.2) is 6.20 Å². The lowest BCUT2D eigenvalue weighted by Gasteiger charge is -2.15. The predicted molar refractivity (Wildman–Crippen MR) is 85.6 cm³/mol. The summed E-state index contributed by atoms with van der Waals surface area (Å²) < 4.78 is 6.02. The predicted octanol–water partition coefficient (Wildman–Crippen LogP) is 3.67. The number of rotatable bonds is 8. The molecular formula is C17H29N3O. The van der Waals surface area contributed by atoms with E-state index in [0.29, 0.717) is 11.8 Å². The van der Waals surface area contributed by atoms with Crippen LogP contribution in [-0.4, -0.2) is 23.1 Å². The minimum Gasteiger partial charge on any atom is -0.490 e. The summed E-state index contributed by atoms with van der Waals surface area (Å²) >= 11 is 0. The number of nitrogens with zero attached hydrogens (tertiary/aromatic N) is 2. The Morgan fingerprint density at radius 1 is 1.33 bits per heavy atom. The van der Waals surface area contributed by atoms with Crippen LogP contribution in [0.5, 0.6) is 5.75 Å². The van der Waals surface area contributed by atoms with Crippen molar-refractivity contribution in [2.45, 2.75) is 65.3 Å². The third-order valence-corrected chi connectivity index (χ3v) is 4.03. The topological polar surface area (TPSA) is 47.0 Å². The van der Waals surface area contributed by atoms with Crippen LogP contribution >= 0.6 is 0 Å². The van der Waals surface area contributed by atoms with Gasteiger partial charge in [-0.05, 0) is 31.7 Å². The smallest absolute Gasteiger partial charge is 0.160 e. The Morgan fingerprint density at radius 2 is 2.10 bits per heavy atom. The molecule has 0 bridgehead atoms. The van der Waals surface area contributed by atoms with E-state index in [-0.39, 0.29) is 0 Å². The molecule has 1 aromatic heterocycles. The Hall–Kier alpha value is -1.16. The van der Waals surface area contributed by atoms with Gasteiger partial charge in [0, 0.05) is 12.5 Å². The average Bonchev–Trinajstić information content (AvgIpc) is 2.99. The highest BCUT2D eigenvalue weighted by Crippen LogP contribution is 2.26. The summed E-state index contributed by atoms with van der Waals surface area (Å²) in [6.07, 6.45) is 8.28. The van der Waals surface area contributed by atoms with Crippen LogP contribution in [0.4, 0.5) is 0 Å². The molecule has 2 rings (SSSR count). The maximum absolute atomic E-state index is 6.02. The van der Waals surface area contributed by atoms with Crippen LogP contribution in [-0.2, 0) is 6.54 Å². The Balaban J connectivity index is 2.01. The molecule has 1 aromatic rings. The second kappa shape index (κ2) is 8.32. The Kier molecular flexibility index (Phi) is 6.43. The molecule has 0 spiro atoms. The van der Waals surface area contributed by atoms with Gasteiger partial charge < -0.3 is 10.1 Å². The van der Waals surface area contributed by atoms with Crippen molar-refractivity contribution in [1.82, 2.24) is 15.3 Å². The first-order valence-corrected chi connectivity index (χ1v) is 8.40. The third kappa shape index (κ3) is 4.95. The summed E-state index contributed by atoms with van der Waals surface area (Å²) in [5.41, 5.74) is 1.00. The molecule has 1 fully saturated rings. The monoisotopic (exact) mass is 291 g/mol. The lowest BCUT2D eigenvalue weighted by molar-refractivity contribution is 0.247. The highest BCUT2D eigenvalue weighted by atomic mass is 16.5. The van der Waals surface area contributed by atoms with Gasteiger partial charge in [0.1, 0.15) is 5.82 Å². The maximum Gasteiger partial charge on any atom is 0.160 e. The van der Waals surface area contributed by atoms with Gasteiger partial charge in [0.15, 0.2) is 5.75 Å². The van der Waals surface area contributed by atoms with Gasteiger partial charge in [-0.15, -0.1) is 0 Å². The van der Waals surface area contributed by atoms with Crippen molar-refractivity contribution in [1.29, 1.82) is 0 Å². The largest absolute Gasteiger partial charge is 0.490 e. The second-order valence-corrected chi connectivity index (χ2v) is 6.33. The molecule has 1 aliphatic rings. The van der Waals surface area contributed by atoms with E-state index in [9.17, 15) is 0 Å². The standard InChI is InChI=1S/C17H29N3O/c1-4-9-18-10-15-16(11-19-17(20-15)13(2)3)21-12-14-7-5-6-8-14/h11,13-14,18H,4-10,12H2,1-3H3. The first-order valence-electron chi connectivity index (χ1n) is 8.40. The lowest BCUT2D eigenvalue weighted by atomic mass is 10.1. The van der Waals surface area contributed by atoms with Crippen LogP contribution < -0.4 is 10.1 Å². The van der Waals surface area contributed by atoms with Crippen molar-refractivity contribution >= 4 is 0 Å². The van der Waals surface area contributed by atoms with Gasteiger partial charge >= 0.3 is 0 Å². The molecule has 0 radical (unpaired) electrons. The molecule has 0 atom stereocenters. The van der Waals surface area contributed by atoms with E-state index in [1.54, 1.807) is 0 Å². The highest BCUT2D eigenvalue weighted by molar-refractivity contribution is 5.25. The summed E-state index contributed by atoms with van der Waals surface area (Å²) in [6.45, 7) is 8.99. The van der Waals surface area contributed by atoms with Gasteiger partial charge in [-0.3, -0.25) is 0 Å². The van der Waals surface area contributed by atoms with Crippen molar-refractivity contribution < 1.29 is 4.74 Å². The Bertz CT molecular complexity index is 428. The normalized spacial score (nSPS) is 15.8. The molecule has 21 heavy (non-hydrogen) atoms. The van der Waals surface area contributed by atoms with E-state index < -0.39 is 0 Å². The fourth-order valence-electron chi connectivity index (χ4n) is 2.72. The summed E-state index contributed by atoms with van der Waals surface area (Å²) in [7, 11) is 0. The fourth-order valence-corrected chi connectivity index (χ4v) is 2.72. The zero-order valence-electron chi connectivity index (χ0n) is 13.7. The molecule has 1 heterocycles. The maximum atomic E-state index is 6.02. The minimum absolute atomic E-state index is 0.346. The van der Waals surface area contributed by atoms with E-state index in [4.69, 9.17) is 9.72 Å². The SMILES string of the molecule is CCCNCc1nc(C(C)C)ncc1OCC1CCCC1. The van der Waals surface area contributed by atoms with Crippen LogP contribution in [0, 0.1) is 5.92 Å². The van der Waals surface area contributed by atoms with Gasteiger partial charge in [0.25, 0.3) is 0 Å². The van der Waals surface area contributed by atoms with E-state index >= 15 is 0 Å². The van der Waals surface area contributed by atoms with Crippen LogP contribution in [0.3, 0.4) is 0 Å². The van der Waals surface area contributed by atoms with Gasteiger partial charge in [-0.25, -0.2) is 9.97 Å². The highest BCUT2D eigenvalue weighted by Gasteiger charge is 2.17. The minimum atomic E-state index is 0.346. The molecule has 1 aliphatic carbocycles. The van der Waals surface area contributed by atoms with Crippen LogP contribution in [0.25, 0.3) is 0 Å². The molecule has 0 unspecified atom stereocenters. The Morgan fingerprint density at radius 3 is 2.76 bits per heavy atom. The van der Waals surface area contributed by atoms with Crippen LogP contribution in [0.1, 0.15) is 70.3 Å². The molecule has 118 valence electrons. The van der Waals surface area contributed by atoms with Crippen molar-refractivity contribution in [3.63, 3.8) is 0 Å².